The summed E-state index contributed by atoms with van der Waals surface area (Å²) in [6.45, 7) is -0.607. The molecular formula is C15H20KNO9S2. The Morgan fingerprint density at radius 2 is 1.82 bits per heavy atom. The molecule has 1 saturated heterocycles. The smallest absolute Gasteiger partial charge is 0.714 e. The summed E-state index contributed by atoms with van der Waals surface area (Å²) < 4.78 is 41.3. The van der Waals surface area contributed by atoms with Crippen LogP contribution in [0.25, 0.3) is 0 Å². The fourth-order valence-corrected chi connectivity index (χ4v) is 3.70. The van der Waals surface area contributed by atoms with Gasteiger partial charge in [-0.1, -0.05) is 47.2 Å². The van der Waals surface area contributed by atoms with E-state index in [9.17, 15) is 33.4 Å². The quantitative estimate of drug-likeness (QED) is 0.0783. The topological polar surface area (TPSA) is 169 Å². The van der Waals surface area contributed by atoms with Crippen molar-refractivity contribution < 1.29 is 93.8 Å². The summed E-state index contributed by atoms with van der Waals surface area (Å²) in [5.41, 5.74) is -0.266. The van der Waals surface area contributed by atoms with Gasteiger partial charge in [-0.15, -0.1) is 0 Å². The normalized spacial score (nSPS) is 28.5. The van der Waals surface area contributed by atoms with Crippen molar-refractivity contribution in [2.45, 2.75) is 42.7 Å². The monoisotopic (exact) mass is 461 g/mol. The third-order valence-electron chi connectivity index (χ3n) is 3.80. The van der Waals surface area contributed by atoms with Crippen LogP contribution in [-0.2, 0) is 25.8 Å². The number of benzene rings is 1. The van der Waals surface area contributed by atoms with Gasteiger partial charge in [0.1, 0.15) is 34.9 Å². The summed E-state index contributed by atoms with van der Waals surface area (Å²) in [6.07, 6.45) is -5.21. The number of aliphatic hydroxyl groups excluding tert-OH is 4. The zero-order valence-corrected chi connectivity index (χ0v) is 19.7. The molecule has 1 fully saturated rings. The van der Waals surface area contributed by atoms with Gasteiger partial charge in [-0.05, 0) is 12.0 Å². The minimum Gasteiger partial charge on any atom is -0.714 e. The zero-order valence-electron chi connectivity index (χ0n) is 15.0. The van der Waals surface area contributed by atoms with Gasteiger partial charge < -0.3 is 29.7 Å². The van der Waals surface area contributed by atoms with Gasteiger partial charge in [-0.25, -0.2) is 0 Å². The molecule has 13 heteroatoms. The Morgan fingerprint density at radius 1 is 1.18 bits per heavy atom. The Bertz CT molecular complexity index is 732. The second kappa shape index (κ2) is 12.3. The molecule has 0 aliphatic carbocycles. The van der Waals surface area contributed by atoms with Gasteiger partial charge in [-0.3, -0.25) is 4.28 Å². The van der Waals surface area contributed by atoms with Crippen molar-refractivity contribution in [3.63, 3.8) is 0 Å². The van der Waals surface area contributed by atoms with Crippen molar-refractivity contribution in [3.05, 3.63) is 35.9 Å². The van der Waals surface area contributed by atoms with Crippen LogP contribution in [0.1, 0.15) is 12.0 Å². The Hall–Kier alpha value is 0.386. The molecule has 0 amide bonds. The maximum atomic E-state index is 10.7. The number of aryl methyl sites for hydroxylation is 1. The van der Waals surface area contributed by atoms with Crippen LogP contribution in [0.2, 0.25) is 0 Å². The fraction of sp³-hybridized carbons (Fsp3) is 0.533. The average Bonchev–Trinajstić information content (AvgIpc) is 2.64. The molecule has 5 atom stereocenters. The Balaban J connectivity index is 0.00000392. The van der Waals surface area contributed by atoms with Crippen LogP contribution in [0, 0.1) is 0 Å². The molecule has 0 spiro atoms. The molecule has 0 bridgehead atoms. The largest absolute Gasteiger partial charge is 1.00 e. The maximum absolute atomic E-state index is 10.7. The van der Waals surface area contributed by atoms with Gasteiger partial charge in [0.05, 0.1) is 6.61 Å². The standard InChI is InChI=1S/C15H21NO9S2.K/c17-8-10-12(18)13(19)14(20)15(24-10)26-11(16-25-27(21,22)23)7-6-9-4-2-1-3-5-9;/h1-5,10,12-15,17-20H,6-8H2,(H,21,22,23);/q;+1/p-1. The minimum atomic E-state index is -5.07. The van der Waals surface area contributed by atoms with Crippen LogP contribution in [-0.4, -0.2) is 74.9 Å². The first-order chi connectivity index (χ1) is 12.7. The fourth-order valence-electron chi connectivity index (χ4n) is 2.41. The number of hydrogen-bond donors (Lipinski definition) is 4. The van der Waals surface area contributed by atoms with E-state index in [4.69, 9.17) is 4.74 Å². The van der Waals surface area contributed by atoms with E-state index in [1.54, 1.807) is 0 Å². The number of hydrogen-bond acceptors (Lipinski definition) is 11. The van der Waals surface area contributed by atoms with E-state index in [1.165, 1.54) is 0 Å². The number of oxime groups is 1. The third-order valence-corrected chi connectivity index (χ3v) is 5.23. The van der Waals surface area contributed by atoms with Crippen LogP contribution in [0.4, 0.5) is 0 Å². The summed E-state index contributed by atoms with van der Waals surface area (Å²) in [5, 5.41) is 42.2. The molecule has 1 aliphatic rings. The molecule has 1 aromatic rings. The SMILES string of the molecule is O=S(=O)([O-])ON=C(CCc1ccccc1)SC1OC(CO)C(O)C(O)C1O.[K+]. The second-order valence-corrected chi connectivity index (χ2v) is 7.91. The van der Waals surface area contributed by atoms with Gasteiger partial charge in [-0.2, -0.15) is 8.42 Å². The second-order valence-electron chi connectivity index (χ2n) is 5.77. The Morgan fingerprint density at radius 3 is 2.39 bits per heavy atom. The molecule has 1 aliphatic heterocycles. The van der Waals surface area contributed by atoms with Crippen LogP contribution in [0.15, 0.2) is 35.5 Å². The molecule has 0 radical (unpaired) electrons. The molecule has 4 N–H and O–H groups in total. The van der Waals surface area contributed by atoms with Crippen molar-refractivity contribution in [2.75, 3.05) is 6.61 Å². The predicted molar refractivity (Wildman–Crippen MR) is 94.3 cm³/mol. The molecule has 2 rings (SSSR count). The van der Waals surface area contributed by atoms with E-state index in [-0.39, 0.29) is 62.8 Å². The predicted octanol–water partition coefficient (Wildman–Crippen LogP) is -4.05. The third kappa shape index (κ3) is 8.26. The van der Waals surface area contributed by atoms with Crippen LogP contribution in [0.5, 0.6) is 0 Å². The molecule has 10 nitrogen and oxygen atoms in total. The average molecular weight is 462 g/mol. The number of aliphatic hydroxyl groups is 4. The van der Waals surface area contributed by atoms with Gasteiger partial charge in [0.15, 0.2) is 0 Å². The summed E-state index contributed by atoms with van der Waals surface area (Å²) in [7, 11) is -5.07. The molecule has 28 heavy (non-hydrogen) atoms. The number of thioether (sulfide) groups is 1. The van der Waals surface area contributed by atoms with E-state index >= 15 is 0 Å². The molecule has 1 heterocycles. The van der Waals surface area contributed by atoms with E-state index in [0.717, 1.165) is 17.3 Å². The first-order valence-corrected chi connectivity index (χ1v) is 10.1. The first-order valence-electron chi connectivity index (χ1n) is 7.93. The molecule has 5 unspecified atom stereocenters. The van der Waals surface area contributed by atoms with Crippen LogP contribution >= 0.6 is 11.8 Å². The van der Waals surface area contributed by atoms with Gasteiger partial charge in [0, 0.05) is 6.42 Å². The molecule has 1 aromatic carbocycles. The zero-order chi connectivity index (χ0) is 20.0. The van der Waals surface area contributed by atoms with Crippen molar-refractivity contribution in [2.24, 2.45) is 5.16 Å². The molecule has 152 valence electrons. The molecule has 0 saturated carbocycles. The van der Waals surface area contributed by atoms with E-state index in [1.807, 2.05) is 30.3 Å². The summed E-state index contributed by atoms with van der Waals surface area (Å²) in [5.74, 6) is 0. The van der Waals surface area contributed by atoms with Crippen molar-refractivity contribution in [1.82, 2.24) is 0 Å². The summed E-state index contributed by atoms with van der Waals surface area (Å²) in [6, 6.07) is 9.13. The van der Waals surface area contributed by atoms with E-state index in [2.05, 4.69) is 9.44 Å². The van der Waals surface area contributed by atoms with Crippen molar-refractivity contribution in [1.29, 1.82) is 0 Å². The summed E-state index contributed by atoms with van der Waals surface area (Å²) in [4.78, 5) is 0. The maximum Gasteiger partial charge on any atom is 1.00 e. The van der Waals surface area contributed by atoms with Crippen LogP contribution in [0.3, 0.4) is 0 Å². The number of ether oxygens (including phenoxy) is 1. The molecular weight excluding hydrogens is 441 g/mol. The van der Waals surface area contributed by atoms with E-state index in [0.29, 0.717) is 6.42 Å². The van der Waals surface area contributed by atoms with Gasteiger partial charge in [0.25, 0.3) is 10.4 Å². The Kier molecular flexibility index (Phi) is 11.6. The minimum absolute atomic E-state index is 0. The number of nitrogens with zero attached hydrogens (tertiary/aromatic N) is 1. The van der Waals surface area contributed by atoms with Crippen molar-refractivity contribution in [3.8, 4) is 0 Å². The van der Waals surface area contributed by atoms with Crippen LogP contribution < -0.4 is 51.4 Å². The molecule has 0 aromatic heterocycles. The van der Waals surface area contributed by atoms with Crippen molar-refractivity contribution >= 4 is 27.2 Å². The van der Waals surface area contributed by atoms with Gasteiger partial charge >= 0.3 is 51.4 Å². The van der Waals surface area contributed by atoms with Gasteiger partial charge in [0.2, 0.25) is 0 Å². The summed E-state index contributed by atoms with van der Waals surface area (Å²) >= 11 is 0.726. The first kappa shape index (κ1) is 26.4. The number of rotatable bonds is 7. The van der Waals surface area contributed by atoms with E-state index < -0.39 is 46.9 Å². The Labute approximate surface area is 209 Å².